The number of halogens is 2. The lowest BCUT2D eigenvalue weighted by Crippen LogP contribution is -2.55. The van der Waals surface area contributed by atoms with Gasteiger partial charge in [0.05, 0.1) is 36.8 Å². The number of hydrogen-bond donors (Lipinski definition) is 2. The first-order chi connectivity index (χ1) is 23.6. The molecule has 8 nitrogen and oxygen atoms in total. The molecule has 10 heteroatoms. The molecule has 0 unspecified atom stereocenters. The molecule has 49 heavy (non-hydrogen) atoms. The first-order valence-electron chi connectivity index (χ1n) is 16.3. The molecule has 6 rings (SSSR count). The number of aliphatic hydroxyl groups is 1. The molecule has 2 aliphatic heterocycles. The average molecular weight is 670 g/mol. The van der Waals surface area contributed by atoms with Gasteiger partial charge in [0.25, 0.3) is 0 Å². The van der Waals surface area contributed by atoms with Crippen LogP contribution in [0, 0.1) is 17.6 Å². The summed E-state index contributed by atoms with van der Waals surface area (Å²) in [5.74, 6) is -2.43. The number of benzene rings is 4. The Balaban J connectivity index is 1.08. The lowest BCUT2D eigenvalue weighted by atomic mass is 9.78. The number of carbonyl (C=O) groups excluding carboxylic acids is 2. The molecule has 0 aliphatic carbocycles. The molecule has 4 aromatic rings. The molecule has 2 aliphatic rings. The number of carbonyl (C=O) groups is 3. The number of aromatic carboxylic acids is 1. The summed E-state index contributed by atoms with van der Waals surface area (Å²) >= 11 is 0. The van der Waals surface area contributed by atoms with Gasteiger partial charge in [0.1, 0.15) is 23.8 Å². The topological polar surface area (TPSA) is 113 Å². The van der Waals surface area contributed by atoms with E-state index in [1.807, 2.05) is 24.3 Å². The van der Waals surface area contributed by atoms with E-state index in [1.165, 1.54) is 48.5 Å². The number of ether oxygens (including phenoxy) is 2. The predicted octanol–water partition coefficient (Wildman–Crippen LogP) is 6.41. The third-order valence-electron chi connectivity index (χ3n) is 9.39. The summed E-state index contributed by atoms with van der Waals surface area (Å²) in [6.07, 6.45) is 1.34. The van der Waals surface area contributed by atoms with Crippen molar-refractivity contribution in [1.82, 2.24) is 0 Å². The Hall–Kier alpha value is -4.77. The second-order valence-electron chi connectivity index (χ2n) is 12.8. The normalized spacial score (nSPS) is 18.8. The molecular formula is C39H37F2NO7. The van der Waals surface area contributed by atoms with E-state index in [1.54, 1.807) is 29.2 Å². The first-order valence-corrected chi connectivity index (χ1v) is 16.3. The van der Waals surface area contributed by atoms with Gasteiger partial charge in [0.2, 0.25) is 5.91 Å². The zero-order valence-electron chi connectivity index (χ0n) is 26.8. The number of carboxylic acid groups (broad SMARTS) is 1. The first kappa shape index (κ1) is 34.1. The number of aliphatic hydroxyl groups excluding tert-OH is 1. The lowest BCUT2D eigenvalue weighted by Gasteiger charge is -2.48. The fourth-order valence-electron chi connectivity index (χ4n) is 6.45. The second-order valence-corrected chi connectivity index (χ2v) is 12.8. The lowest BCUT2D eigenvalue weighted by molar-refractivity contribution is -0.211. The standard InChI is InChI=1S/C39H37F2NO7/c40-30-11-9-27(10-12-30)35(44)18-17-34-36(42(37(34)45)32-15-13-31(41)14-16-32)28-5-1-25(2-6-28)19-20-39(23-48-24-39)49-22-33(43)21-26-3-7-29(8-4-26)38(46)47/h1-16,34-36,44H,17-24H2,(H,46,47)/t34-,35+,36-/m1/s1. The Labute approximate surface area is 282 Å². The molecule has 2 heterocycles. The highest BCUT2D eigenvalue weighted by Gasteiger charge is 2.48. The third kappa shape index (κ3) is 7.94. The summed E-state index contributed by atoms with van der Waals surface area (Å²) in [5.41, 5.74) is 3.44. The Bertz CT molecular complexity index is 1770. The monoisotopic (exact) mass is 669 g/mol. The van der Waals surface area contributed by atoms with Crippen molar-refractivity contribution in [2.24, 2.45) is 5.92 Å². The number of aryl methyl sites for hydroxylation is 1. The SMILES string of the molecule is O=C(COC1(CCc2ccc([C@@H]3[C@@H](CC[C@H](O)c4ccc(F)cc4)C(=O)N3c3ccc(F)cc3)cc2)COC1)Cc1ccc(C(=O)O)cc1. The zero-order valence-corrected chi connectivity index (χ0v) is 26.8. The van der Waals surface area contributed by atoms with Crippen LogP contribution in [-0.2, 0) is 31.9 Å². The Morgan fingerprint density at radius 1 is 0.878 bits per heavy atom. The number of amides is 1. The zero-order chi connectivity index (χ0) is 34.5. The molecule has 0 bridgehead atoms. The second kappa shape index (κ2) is 14.8. The van der Waals surface area contributed by atoms with Crippen LogP contribution in [0.15, 0.2) is 97.1 Å². The van der Waals surface area contributed by atoms with Crippen molar-refractivity contribution < 1.29 is 42.9 Å². The molecule has 254 valence electrons. The maximum absolute atomic E-state index is 13.7. The minimum absolute atomic E-state index is 0.0743. The molecule has 0 aromatic heterocycles. The van der Waals surface area contributed by atoms with Gasteiger partial charge in [-0.25, -0.2) is 13.6 Å². The van der Waals surface area contributed by atoms with Gasteiger partial charge in [-0.05, 0) is 96.5 Å². The predicted molar refractivity (Wildman–Crippen MR) is 177 cm³/mol. The molecule has 2 N–H and O–H groups in total. The van der Waals surface area contributed by atoms with Gasteiger partial charge in [-0.15, -0.1) is 0 Å². The Kier molecular flexibility index (Phi) is 10.3. The summed E-state index contributed by atoms with van der Waals surface area (Å²) in [6.45, 7) is 0.692. The van der Waals surface area contributed by atoms with Crippen LogP contribution in [0.25, 0.3) is 0 Å². The van der Waals surface area contributed by atoms with Gasteiger partial charge in [0.15, 0.2) is 5.78 Å². The number of anilines is 1. The Morgan fingerprint density at radius 3 is 2.08 bits per heavy atom. The molecule has 2 saturated heterocycles. The van der Waals surface area contributed by atoms with E-state index in [0.717, 1.165) is 16.7 Å². The van der Waals surface area contributed by atoms with E-state index in [-0.39, 0.29) is 42.1 Å². The van der Waals surface area contributed by atoms with Crippen molar-refractivity contribution in [3.8, 4) is 0 Å². The maximum Gasteiger partial charge on any atom is 0.335 e. The van der Waals surface area contributed by atoms with Crippen LogP contribution in [0.3, 0.4) is 0 Å². The van der Waals surface area contributed by atoms with E-state index in [9.17, 15) is 28.3 Å². The molecule has 4 aromatic carbocycles. The molecule has 0 saturated carbocycles. The fraction of sp³-hybridized carbons (Fsp3) is 0.308. The van der Waals surface area contributed by atoms with Gasteiger partial charge in [-0.3, -0.25) is 9.59 Å². The summed E-state index contributed by atoms with van der Waals surface area (Å²) in [6, 6.07) is 25.4. The van der Waals surface area contributed by atoms with Gasteiger partial charge < -0.3 is 24.6 Å². The number of carboxylic acids is 1. The number of ketones is 1. The third-order valence-corrected chi connectivity index (χ3v) is 9.39. The Morgan fingerprint density at radius 2 is 1.49 bits per heavy atom. The van der Waals surface area contributed by atoms with Gasteiger partial charge >= 0.3 is 5.97 Å². The average Bonchev–Trinajstić information content (AvgIpc) is 3.08. The minimum atomic E-state index is -1.02. The molecule has 2 fully saturated rings. The summed E-state index contributed by atoms with van der Waals surface area (Å²) in [7, 11) is 0. The van der Waals surface area contributed by atoms with Crippen LogP contribution in [-0.4, -0.2) is 53.3 Å². The number of nitrogens with zero attached hydrogens (tertiary/aromatic N) is 1. The van der Waals surface area contributed by atoms with E-state index in [4.69, 9.17) is 14.6 Å². The van der Waals surface area contributed by atoms with Crippen LogP contribution < -0.4 is 4.90 Å². The van der Waals surface area contributed by atoms with E-state index in [2.05, 4.69) is 0 Å². The molecule has 3 atom stereocenters. The van der Waals surface area contributed by atoms with Gasteiger partial charge in [0, 0.05) is 12.1 Å². The van der Waals surface area contributed by atoms with Crippen LogP contribution in [0.2, 0.25) is 0 Å². The van der Waals surface area contributed by atoms with Crippen molar-refractivity contribution in [3.05, 3.63) is 137 Å². The van der Waals surface area contributed by atoms with Crippen LogP contribution >= 0.6 is 0 Å². The highest BCUT2D eigenvalue weighted by atomic mass is 19.1. The number of Topliss-reactive ketones (excluding diaryl/α,β-unsaturated/α-hetero) is 1. The van der Waals surface area contributed by atoms with Gasteiger partial charge in [-0.1, -0.05) is 48.5 Å². The highest BCUT2D eigenvalue weighted by Crippen LogP contribution is 2.46. The molecular weight excluding hydrogens is 632 g/mol. The van der Waals surface area contributed by atoms with Crippen molar-refractivity contribution in [3.63, 3.8) is 0 Å². The summed E-state index contributed by atoms with van der Waals surface area (Å²) < 4.78 is 38.6. The number of hydrogen-bond acceptors (Lipinski definition) is 6. The van der Waals surface area contributed by atoms with Crippen LogP contribution in [0.1, 0.15) is 64.0 Å². The van der Waals surface area contributed by atoms with E-state index >= 15 is 0 Å². The minimum Gasteiger partial charge on any atom is -0.478 e. The van der Waals surface area contributed by atoms with E-state index in [0.29, 0.717) is 50.1 Å². The van der Waals surface area contributed by atoms with Crippen molar-refractivity contribution in [1.29, 1.82) is 0 Å². The molecule has 1 amide bonds. The molecule has 0 radical (unpaired) electrons. The van der Waals surface area contributed by atoms with Crippen LogP contribution in [0.4, 0.5) is 14.5 Å². The summed E-state index contributed by atoms with van der Waals surface area (Å²) in [5, 5.41) is 19.8. The van der Waals surface area contributed by atoms with Gasteiger partial charge in [-0.2, -0.15) is 0 Å². The fourth-order valence-corrected chi connectivity index (χ4v) is 6.45. The smallest absolute Gasteiger partial charge is 0.335 e. The maximum atomic E-state index is 13.7. The number of rotatable bonds is 15. The quantitative estimate of drug-likeness (QED) is 0.141. The van der Waals surface area contributed by atoms with Crippen molar-refractivity contribution in [2.75, 3.05) is 24.7 Å². The van der Waals surface area contributed by atoms with Crippen molar-refractivity contribution >= 4 is 23.3 Å². The highest BCUT2D eigenvalue weighted by molar-refractivity contribution is 6.03. The largest absolute Gasteiger partial charge is 0.478 e. The van der Waals surface area contributed by atoms with E-state index < -0.39 is 29.4 Å². The van der Waals surface area contributed by atoms with Crippen molar-refractivity contribution in [2.45, 2.75) is 49.9 Å². The number of β-lactam (4-membered cyclic amide) rings is 1. The molecule has 0 spiro atoms. The summed E-state index contributed by atoms with van der Waals surface area (Å²) in [4.78, 5) is 38.8. The van der Waals surface area contributed by atoms with Crippen LogP contribution in [0.5, 0.6) is 0 Å².